The second-order valence-corrected chi connectivity index (χ2v) is 3.86. The van der Waals surface area contributed by atoms with Crippen molar-refractivity contribution in [2.45, 2.75) is 19.8 Å². The zero-order valence-corrected chi connectivity index (χ0v) is 9.01. The molecule has 0 saturated carbocycles. The highest BCUT2D eigenvalue weighted by Crippen LogP contribution is 2.16. The van der Waals surface area contributed by atoms with Crippen molar-refractivity contribution in [2.24, 2.45) is 5.92 Å². The van der Waals surface area contributed by atoms with Crippen LogP contribution >= 0.6 is 0 Å². The Morgan fingerprint density at radius 3 is 3.06 bits per heavy atom. The van der Waals surface area contributed by atoms with Crippen LogP contribution in [0.4, 0.5) is 0 Å². The normalized spacial score (nSPS) is 20.1. The number of carbonyl (C=O) groups excluding carboxylic acids is 1. The first-order valence-electron chi connectivity index (χ1n) is 5.15. The summed E-state index contributed by atoms with van der Waals surface area (Å²) >= 11 is 0. The SMILES string of the molecule is Cc1noc(CCN2CC(C#N)CC2=O)n1. The highest BCUT2D eigenvalue weighted by atomic mass is 16.5. The van der Waals surface area contributed by atoms with Gasteiger partial charge in [-0.1, -0.05) is 5.16 Å². The van der Waals surface area contributed by atoms with Crippen LogP contribution in [0.5, 0.6) is 0 Å². The third-order valence-corrected chi connectivity index (χ3v) is 2.56. The van der Waals surface area contributed by atoms with Gasteiger partial charge in [0.15, 0.2) is 5.82 Å². The van der Waals surface area contributed by atoms with E-state index in [-0.39, 0.29) is 11.8 Å². The van der Waals surface area contributed by atoms with Gasteiger partial charge in [0, 0.05) is 25.9 Å². The van der Waals surface area contributed by atoms with E-state index in [4.69, 9.17) is 9.78 Å². The largest absolute Gasteiger partial charge is 0.341 e. The summed E-state index contributed by atoms with van der Waals surface area (Å²) in [5.41, 5.74) is 0. The summed E-state index contributed by atoms with van der Waals surface area (Å²) in [4.78, 5) is 17.2. The maximum atomic E-state index is 11.5. The van der Waals surface area contributed by atoms with Crippen LogP contribution in [-0.2, 0) is 11.2 Å². The second-order valence-electron chi connectivity index (χ2n) is 3.86. The lowest BCUT2D eigenvalue weighted by atomic mass is 10.1. The van der Waals surface area contributed by atoms with E-state index in [9.17, 15) is 4.79 Å². The molecule has 0 aliphatic carbocycles. The summed E-state index contributed by atoms with van der Waals surface area (Å²) in [6, 6.07) is 2.11. The molecule has 6 nitrogen and oxygen atoms in total. The molecule has 6 heteroatoms. The van der Waals surface area contributed by atoms with Gasteiger partial charge in [0.25, 0.3) is 0 Å². The maximum absolute atomic E-state index is 11.5. The number of likely N-dealkylation sites (tertiary alicyclic amines) is 1. The first-order valence-corrected chi connectivity index (χ1v) is 5.15. The van der Waals surface area contributed by atoms with Gasteiger partial charge in [-0.2, -0.15) is 10.2 Å². The predicted molar refractivity (Wildman–Crippen MR) is 53.0 cm³/mol. The van der Waals surface area contributed by atoms with Crippen LogP contribution in [-0.4, -0.2) is 34.0 Å². The molecule has 1 aliphatic rings. The Morgan fingerprint density at radius 1 is 1.69 bits per heavy atom. The summed E-state index contributed by atoms with van der Waals surface area (Å²) in [7, 11) is 0. The minimum Gasteiger partial charge on any atom is -0.341 e. The molecule has 1 aliphatic heterocycles. The predicted octanol–water partition coefficient (Wildman–Crippen LogP) is 0.293. The Hall–Kier alpha value is -1.90. The average molecular weight is 220 g/mol. The molecule has 1 amide bonds. The summed E-state index contributed by atoms with van der Waals surface area (Å²) in [6.07, 6.45) is 0.879. The number of nitriles is 1. The smallest absolute Gasteiger partial charge is 0.228 e. The van der Waals surface area contributed by atoms with Crippen LogP contribution in [0.15, 0.2) is 4.52 Å². The third-order valence-electron chi connectivity index (χ3n) is 2.56. The van der Waals surface area contributed by atoms with E-state index in [0.717, 1.165) is 0 Å². The van der Waals surface area contributed by atoms with Crippen molar-refractivity contribution in [2.75, 3.05) is 13.1 Å². The molecule has 2 rings (SSSR count). The van der Waals surface area contributed by atoms with Gasteiger partial charge in [0.2, 0.25) is 11.8 Å². The molecule has 0 aromatic carbocycles. The van der Waals surface area contributed by atoms with Crippen molar-refractivity contribution < 1.29 is 9.32 Å². The molecule has 1 atom stereocenters. The summed E-state index contributed by atoms with van der Waals surface area (Å²) < 4.78 is 4.95. The topological polar surface area (TPSA) is 83.0 Å². The molecular weight excluding hydrogens is 208 g/mol. The van der Waals surface area contributed by atoms with Crippen LogP contribution in [0, 0.1) is 24.2 Å². The summed E-state index contributed by atoms with van der Waals surface area (Å²) in [6.45, 7) is 2.81. The van der Waals surface area contributed by atoms with Crippen LogP contribution < -0.4 is 0 Å². The molecule has 0 radical (unpaired) electrons. The number of amides is 1. The quantitative estimate of drug-likeness (QED) is 0.731. The zero-order chi connectivity index (χ0) is 11.5. The van der Waals surface area contributed by atoms with E-state index in [1.807, 2.05) is 0 Å². The van der Waals surface area contributed by atoms with Gasteiger partial charge in [-0.25, -0.2) is 0 Å². The van der Waals surface area contributed by atoms with Crippen molar-refractivity contribution in [3.05, 3.63) is 11.7 Å². The maximum Gasteiger partial charge on any atom is 0.228 e. The Bertz CT molecular complexity index is 434. The van der Waals surface area contributed by atoms with Gasteiger partial charge in [0.1, 0.15) is 0 Å². The number of rotatable bonds is 3. The molecule has 1 aromatic heterocycles. The summed E-state index contributed by atoms with van der Waals surface area (Å²) in [5, 5.41) is 12.4. The monoisotopic (exact) mass is 220 g/mol. The molecule has 1 aromatic rings. The highest BCUT2D eigenvalue weighted by molar-refractivity contribution is 5.79. The van der Waals surface area contributed by atoms with Crippen molar-refractivity contribution in [1.29, 1.82) is 5.26 Å². The molecular formula is C10H12N4O2. The van der Waals surface area contributed by atoms with Gasteiger partial charge in [0.05, 0.1) is 12.0 Å². The average Bonchev–Trinajstić information content (AvgIpc) is 2.82. The summed E-state index contributed by atoms with van der Waals surface area (Å²) in [5.74, 6) is 0.989. The Kier molecular flexibility index (Phi) is 2.86. The van der Waals surface area contributed by atoms with Gasteiger partial charge in [-0.15, -0.1) is 0 Å². The van der Waals surface area contributed by atoms with Crippen LogP contribution in [0.1, 0.15) is 18.1 Å². The van der Waals surface area contributed by atoms with E-state index in [0.29, 0.717) is 37.6 Å². The Balaban J connectivity index is 1.87. The van der Waals surface area contributed by atoms with Crippen molar-refractivity contribution in [3.63, 3.8) is 0 Å². The van der Waals surface area contributed by atoms with E-state index < -0.39 is 0 Å². The molecule has 0 N–H and O–H groups in total. The number of carbonyl (C=O) groups is 1. The fourth-order valence-corrected chi connectivity index (χ4v) is 1.75. The number of hydrogen-bond acceptors (Lipinski definition) is 5. The fraction of sp³-hybridized carbons (Fsp3) is 0.600. The van der Waals surface area contributed by atoms with Crippen molar-refractivity contribution in [1.82, 2.24) is 15.0 Å². The van der Waals surface area contributed by atoms with E-state index in [1.54, 1.807) is 11.8 Å². The van der Waals surface area contributed by atoms with E-state index in [1.165, 1.54) is 0 Å². The van der Waals surface area contributed by atoms with Crippen molar-refractivity contribution in [3.8, 4) is 6.07 Å². The van der Waals surface area contributed by atoms with E-state index >= 15 is 0 Å². The first kappa shape index (κ1) is 10.6. The lowest BCUT2D eigenvalue weighted by Gasteiger charge is -2.13. The number of nitrogens with zero attached hydrogens (tertiary/aromatic N) is 4. The minimum atomic E-state index is -0.170. The fourth-order valence-electron chi connectivity index (χ4n) is 1.75. The van der Waals surface area contributed by atoms with Crippen LogP contribution in [0.2, 0.25) is 0 Å². The molecule has 2 heterocycles. The third kappa shape index (κ3) is 2.19. The minimum absolute atomic E-state index is 0.0304. The molecule has 16 heavy (non-hydrogen) atoms. The van der Waals surface area contributed by atoms with Crippen molar-refractivity contribution >= 4 is 5.91 Å². The Labute approximate surface area is 92.8 Å². The first-order chi connectivity index (χ1) is 7.69. The molecule has 0 bridgehead atoms. The van der Waals surface area contributed by atoms with Gasteiger partial charge >= 0.3 is 0 Å². The molecule has 1 saturated heterocycles. The Morgan fingerprint density at radius 2 is 2.50 bits per heavy atom. The van der Waals surface area contributed by atoms with E-state index in [2.05, 4.69) is 16.2 Å². The molecule has 84 valence electrons. The molecule has 1 fully saturated rings. The second kappa shape index (κ2) is 4.31. The lowest BCUT2D eigenvalue weighted by molar-refractivity contribution is -0.127. The molecule has 0 spiro atoms. The number of aryl methyl sites for hydroxylation is 1. The standard InChI is InChI=1S/C10H12N4O2/c1-7-12-9(16-13-7)2-3-14-6-8(5-11)4-10(14)15/h8H,2-4,6H2,1H3. The highest BCUT2D eigenvalue weighted by Gasteiger charge is 2.29. The van der Waals surface area contributed by atoms with Gasteiger partial charge in [-0.3, -0.25) is 4.79 Å². The van der Waals surface area contributed by atoms with Crippen LogP contribution in [0.25, 0.3) is 0 Å². The molecule has 1 unspecified atom stereocenters. The lowest BCUT2D eigenvalue weighted by Crippen LogP contribution is -2.27. The van der Waals surface area contributed by atoms with Gasteiger partial charge < -0.3 is 9.42 Å². The van der Waals surface area contributed by atoms with Crippen LogP contribution in [0.3, 0.4) is 0 Å². The number of hydrogen-bond donors (Lipinski definition) is 0. The van der Waals surface area contributed by atoms with Gasteiger partial charge in [-0.05, 0) is 6.92 Å². The number of aromatic nitrogens is 2. The zero-order valence-electron chi connectivity index (χ0n) is 9.01.